The molecule has 3 heterocycles. The summed E-state index contributed by atoms with van der Waals surface area (Å²) in [6.07, 6.45) is 0. The van der Waals surface area contributed by atoms with Crippen LogP contribution in [0.1, 0.15) is 18.1 Å². The van der Waals surface area contributed by atoms with Crippen LogP contribution in [0.15, 0.2) is 17.4 Å². The maximum Gasteiger partial charge on any atom is 0.248 e. The smallest absolute Gasteiger partial charge is 0.248 e. The van der Waals surface area contributed by atoms with Crippen molar-refractivity contribution in [3.8, 4) is 0 Å². The zero-order valence-electron chi connectivity index (χ0n) is 15.2. The molecule has 2 unspecified atom stereocenters. The molecule has 1 aromatic carbocycles. The van der Waals surface area contributed by atoms with Crippen LogP contribution < -0.4 is 10.2 Å². The summed E-state index contributed by atoms with van der Waals surface area (Å²) in [6, 6.07) is -0.590. The highest BCUT2D eigenvalue weighted by molar-refractivity contribution is 6.17. The Labute approximate surface area is 150 Å². The number of piperazine rings is 1. The van der Waals surface area contributed by atoms with E-state index in [9.17, 15) is 13.6 Å². The molecule has 1 fully saturated rings. The molecule has 2 atom stereocenters. The van der Waals surface area contributed by atoms with Crippen LogP contribution in [-0.2, 0) is 4.79 Å². The summed E-state index contributed by atoms with van der Waals surface area (Å²) < 4.78 is 29.9. The van der Waals surface area contributed by atoms with Crippen molar-refractivity contribution >= 4 is 23.1 Å². The third kappa shape index (κ3) is 2.11. The summed E-state index contributed by atoms with van der Waals surface area (Å²) in [5, 5.41) is 2.69. The van der Waals surface area contributed by atoms with Crippen LogP contribution in [0, 0.1) is 18.6 Å². The normalized spacial score (nSPS) is 25.4. The zero-order chi connectivity index (χ0) is 18.9. The Kier molecular flexibility index (Phi) is 3.59. The van der Waals surface area contributed by atoms with Gasteiger partial charge < -0.3 is 20.0 Å². The molecule has 0 radical (unpaired) electrons. The molecule has 6 nitrogen and oxygen atoms in total. The molecule has 1 aromatic rings. The second-order valence-corrected chi connectivity index (χ2v) is 7.24. The van der Waals surface area contributed by atoms with E-state index >= 15 is 0 Å². The SMILES string of the molecule is C=C1N=C2c3c(c(F)c(C)c(F)c3N1C)NC(=O)C1CN(C)CC(C)N21. The predicted molar refractivity (Wildman–Crippen MR) is 96.4 cm³/mol. The number of fused-ring (bicyclic) bond motifs is 2. The van der Waals surface area contributed by atoms with Gasteiger partial charge in [0.1, 0.15) is 17.7 Å². The van der Waals surface area contributed by atoms with Gasteiger partial charge in [0.05, 0.1) is 16.9 Å². The lowest BCUT2D eigenvalue weighted by atomic mass is 9.99. The molecule has 0 aliphatic carbocycles. The molecule has 1 N–H and O–H groups in total. The van der Waals surface area contributed by atoms with Gasteiger partial charge in [0.15, 0.2) is 11.6 Å². The van der Waals surface area contributed by atoms with Crippen LogP contribution in [0.25, 0.3) is 0 Å². The van der Waals surface area contributed by atoms with Crippen LogP contribution in [-0.4, -0.2) is 60.8 Å². The molecular formula is C18H21F2N5O. The minimum Gasteiger partial charge on any atom is -0.339 e. The van der Waals surface area contributed by atoms with Crippen molar-refractivity contribution in [2.24, 2.45) is 4.99 Å². The van der Waals surface area contributed by atoms with E-state index in [4.69, 9.17) is 0 Å². The molecule has 3 aliphatic rings. The number of hydrogen-bond donors (Lipinski definition) is 1. The molecular weight excluding hydrogens is 340 g/mol. The van der Waals surface area contributed by atoms with Crippen molar-refractivity contribution in [2.75, 3.05) is 37.4 Å². The van der Waals surface area contributed by atoms with Gasteiger partial charge in [-0.05, 0) is 20.9 Å². The van der Waals surface area contributed by atoms with Crippen molar-refractivity contribution in [1.29, 1.82) is 0 Å². The average molecular weight is 361 g/mol. The van der Waals surface area contributed by atoms with Gasteiger partial charge in [-0.2, -0.15) is 0 Å². The molecule has 1 amide bonds. The van der Waals surface area contributed by atoms with E-state index in [0.717, 1.165) is 0 Å². The molecule has 0 saturated carbocycles. The first-order valence-corrected chi connectivity index (χ1v) is 8.53. The van der Waals surface area contributed by atoms with Gasteiger partial charge in [-0.1, -0.05) is 6.58 Å². The van der Waals surface area contributed by atoms with Gasteiger partial charge in [-0.25, -0.2) is 13.8 Å². The molecule has 138 valence electrons. The Hall–Kier alpha value is -2.48. The number of carbonyl (C=O) groups excluding carboxylic acids is 1. The molecule has 4 rings (SSSR count). The first-order valence-electron chi connectivity index (χ1n) is 8.53. The number of halogens is 2. The summed E-state index contributed by atoms with van der Waals surface area (Å²) in [5.74, 6) is -0.987. The monoisotopic (exact) mass is 361 g/mol. The van der Waals surface area contributed by atoms with E-state index in [-0.39, 0.29) is 34.5 Å². The van der Waals surface area contributed by atoms with E-state index in [1.807, 2.05) is 18.9 Å². The lowest BCUT2D eigenvalue weighted by Gasteiger charge is -2.45. The van der Waals surface area contributed by atoms with Crippen LogP contribution in [0.2, 0.25) is 0 Å². The first-order chi connectivity index (χ1) is 12.2. The van der Waals surface area contributed by atoms with Gasteiger partial charge in [0, 0.05) is 31.7 Å². The molecule has 26 heavy (non-hydrogen) atoms. The lowest BCUT2D eigenvalue weighted by Crippen LogP contribution is -2.61. The molecule has 1 saturated heterocycles. The molecule has 0 spiro atoms. The fourth-order valence-corrected chi connectivity index (χ4v) is 4.09. The second kappa shape index (κ2) is 5.51. The number of rotatable bonds is 0. The zero-order valence-corrected chi connectivity index (χ0v) is 15.2. The van der Waals surface area contributed by atoms with Crippen molar-refractivity contribution in [2.45, 2.75) is 25.9 Å². The summed E-state index contributed by atoms with van der Waals surface area (Å²) in [4.78, 5) is 22.8. The maximum absolute atomic E-state index is 15.0. The largest absolute Gasteiger partial charge is 0.339 e. The van der Waals surface area contributed by atoms with Gasteiger partial charge in [-0.3, -0.25) is 4.79 Å². The molecule has 0 aromatic heterocycles. The third-order valence-corrected chi connectivity index (χ3v) is 5.42. The summed E-state index contributed by atoms with van der Waals surface area (Å²) >= 11 is 0. The van der Waals surface area contributed by atoms with Gasteiger partial charge in [-0.15, -0.1) is 0 Å². The lowest BCUT2D eigenvalue weighted by molar-refractivity contribution is -0.122. The van der Waals surface area contributed by atoms with E-state index < -0.39 is 17.7 Å². The summed E-state index contributed by atoms with van der Waals surface area (Å²) in [5.41, 5.74) is 0.338. The van der Waals surface area contributed by atoms with E-state index in [0.29, 0.717) is 24.7 Å². The van der Waals surface area contributed by atoms with Gasteiger partial charge in [0.25, 0.3) is 0 Å². The molecule has 3 aliphatic heterocycles. The van der Waals surface area contributed by atoms with E-state index in [2.05, 4.69) is 21.8 Å². The second-order valence-electron chi connectivity index (χ2n) is 7.24. The van der Waals surface area contributed by atoms with Crippen LogP contribution in [0.5, 0.6) is 0 Å². The van der Waals surface area contributed by atoms with Crippen molar-refractivity contribution in [3.63, 3.8) is 0 Å². The van der Waals surface area contributed by atoms with E-state index in [1.54, 1.807) is 7.05 Å². The number of likely N-dealkylation sites (N-methyl/N-ethyl adjacent to an activating group) is 1. The highest BCUT2D eigenvalue weighted by atomic mass is 19.1. The Morgan fingerprint density at radius 2 is 1.92 bits per heavy atom. The van der Waals surface area contributed by atoms with Crippen LogP contribution in [0.4, 0.5) is 20.2 Å². The maximum atomic E-state index is 15.0. The molecule has 8 heteroatoms. The van der Waals surface area contributed by atoms with Crippen molar-refractivity contribution in [1.82, 2.24) is 9.80 Å². The number of amidine groups is 1. The van der Waals surface area contributed by atoms with Gasteiger partial charge in [0.2, 0.25) is 5.91 Å². The Morgan fingerprint density at radius 3 is 2.62 bits per heavy atom. The number of nitrogens with one attached hydrogen (secondary N) is 1. The fraction of sp³-hybridized carbons (Fsp3) is 0.444. The standard InChI is InChI=1S/C18H21F2N5O/c1-8-6-23(4)7-11-18(26)22-15-12-16(14(20)9(2)13(15)19)24(5)10(3)21-17(12)25(8)11/h8,11H,3,6-7H2,1-2,4-5H3,(H,22,26). The van der Waals surface area contributed by atoms with Gasteiger partial charge >= 0.3 is 0 Å². The Morgan fingerprint density at radius 1 is 1.23 bits per heavy atom. The minimum absolute atomic E-state index is 0.00810. The average Bonchev–Trinajstić information content (AvgIpc) is 2.69. The Bertz CT molecular complexity index is 881. The highest BCUT2D eigenvalue weighted by Crippen LogP contribution is 2.43. The number of nitrogens with zero attached hydrogens (tertiary/aromatic N) is 4. The quantitative estimate of drug-likeness (QED) is 0.767. The number of anilines is 2. The number of hydrogen-bond acceptors (Lipinski definition) is 5. The van der Waals surface area contributed by atoms with E-state index in [1.165, 1.54) is 11.8 Å². The van der Waals surface area contributed by atoms with Crippen LogP contribution >= 0.6 is 0 Å². The number of aliphatic imine (C=N–C) groups is 1. The van der Waals surface area contributed by atoms with Crippen molar-refractivity contribution in [3.05, 3.63) is 35.2 Å². The number of benzene rings is 1. The summed E-state index contributed by atoms with van der Waals surface area (Å²) in [7, 11) is 3.57. The summed E-state index contributed by atoms with van der Waals surface area (Å²) in [6.45, 7) is 8.44. The number of carbonyl (C=O) groups is 1. The van der Waals surface area contributed by atoms with Crippen molar-refractivity contribution < 1.29 is 13.6 Å². The number of amides is 1. The highest BCUT2D eigenvalue weighted by Gasteiger charge is 2.45. The molecule has 0 bridgehead atoms. The predicted octanol–water partition coefficient (Wildman–Crippen LogP) is 1.90. The first kappa shape index (κ1) is 17.0. The third-order valence-electron chi connectivity index (χ3n) is 5.42. The minimum atomic E-state index is -0.760. The Balaban J connectivity index is 2.05. The topological polar surface area (TPSA) is 51.2 Å². The fourth-order valence-electron chi connectivity index (χ4n) is 4.09. The van der Waals surface area contributed by atoms with Crippen LogP contribution in [0.3, 0.4) is 0 Å².